The van der Waals surface area contributed by atoms with Crippen LogP contribution in [0, 0.1) is 0 Å². The van der Waals surface area contributed by atoms with Gasteiger partial charge in [0.2, 0.25) is 5.89 Å². The third-order valence-electron chi connectivity index (χ3n) is 2.89. The molecule has 1 aromatic carbocycles. The van der Waals surface area contributed by atoms with Gasteiger partial charge < -0.3 is 9.05 Å². The van der Waals surface area contributed by atoms with E-state index in [2.05, 4.69) is 15.3 Å². The van der Waals surface area contributed by atoms with Crippen LogP contribution in [0.3, 0.4) is 0 Å². The Balaban J connectivity index is 1.87. The number of alkyl halides is 1. The highest BCUT2D eigenvalue weighted by Gasteiger charge is 2.16. The van der Waals surface area contributed by atoms with E-state index in [1.807, 2.05) is 31.2 Å². The van der Waals surface area contributed by atoms with E-state index >= 15 is 0 Å². The van der Waals surface area contributed by atoms with Gasteiger partial charge in [-0.3, -0.25) is 0 Å². The van der Waals surface area contributed by atoms with Crippen LogP contribution in [0.2, 0.25) is 0 Å². The molecule has 0 saturated carbocycles. The lowest BCUT2D eigenvalue weighted by molar-refractivity contribution is 0.374. The molecule has 0 aliphatic heterocycles. The van der Waals surface area contributed by atoms with E-state index in [-0.39, 0.29) is 5.38 Å². The van der Waals surface area contributed by atoms with E-state index in [0.717, 1.165) is 23.1 Å². The van der Waals surface area contributed by atoms with Gasteiger partial charge in [-0.15, -0.1) is 11.6 Å². The Hall–Kier alpha value is -1.88. The smallest absolute Gasteiger partial charge is 0.232 e. The molecule has 0 fully saturated rings. The Morgan fingerprint density at radius 1 is 1.21 bits per heavy atom. The molecule has 3 aromatic rings. The molecular formula is C13H12ClN3O2. The van der Waals surface area contributed by atoms with Crippen molar-refractivity contribution in [2.45, 2.75) is 25.1 Å². The molecule has 0 amide bonds. The largest absolute Gasteiger partial charge is 0.356 e. The number of para-hydroxylation sites is 1. The van der Waals surface area contributed by atoms with Crippen molar-refractivity contribution in [3.63, 3.8) is 0 Å². The quantitative estimate of drug-likeness (QED) is 0.683. The summed E-state index contributed by atoms with van der Waals surface area (Å²) in [5, 5.41) is 8.64. The number of nitrogens with zero attached hydrogens (tertiary/aromatic N) is 3. The molecule has 98 valence electrons. The van der Waals surface area contributed by atoms with Crippen molar-refractivity contribution >= 4 is 22.6 Å². The summed E-state index contributed by atoms with van der Waals surface area (Å²) in [5.41, 5.74) is 1.54. The summed E-state index contributed by atoms with van der Waals surface area (Å²) in [6.45, 7) is 1.97. The molecule has 5 nitrogen and oxygen atoms in total. The normalized spacial score (nSPS) is 12.9. The highest BCUT2D eigenvalue weighted by molar-refractivity contribution is 6.20. The van der Waals surface area contributed by atoms with Gasteiger partial charge in [0, 0.05) is 5.39 Å². The van der Waals surface area contributed by atoms with Gasteiger partial charge in [0.1, 0.15) is 5.69 Å². The number of rotatable bonds is 4. The average Bonchev–Trinajstić information content (AvgIpc) is 3.06. The topological polar surface area (TPSA) is 65.0 Å². The monoisotopic (exact) mass is 277 g/mol. The number of hydrogen-bond donors (Lipinski definition) is 0. The maximum absolute atomic E-state index is 6.06. The molecule has 0 spiro atoms. The van der Waals surface area contributed by atoms with Gasteiger partial charge >= 0.3 is 0 Å². The molecule has 2 aromatic heterocycles. The Morgan fingerprint density at radius 2 is 2.05 bits per heavy atom. The van der Waals surface area contributed by atoms with Crippen LogP contribution in [0.4, 0.5) is 0 Å². The van der Waals surface area contributed by atoms with Crippen molar-refractivity contribution in [3.8, 4) is 0 Å². The highest BCUT2D eigenvalue weighted by atomic mass is 35.5. The Morgan fingerprint density at radius 3 is 2.89 bits per heavy atom. The van der Waals surface area contributed by atoms with Crippen molar-refractivity contribution in [2.75, 3.05) is 0 Å². The number of hydrogen-bond acceptors (Lipinski definition) is 5. The fraction of sp³-hybridized carbons (Fsp3) is 0.308. The lowest BCUT2D eigenvalue weighted by atomic mass is 10.2. The third-order valence-corrected chi connectivity index (χ3v) is 3.40. The summed E-state index contributed by atoms with van der Waals surface area (Å²) in [6.07, 6.45) is 1.20. The molecule has 0 radical (unpaired) electrons. The minimum Gasteiger partial charge on any atom is -0.356 e. The van der Waals surface area contributed by atoms with Crippen molar-refractivity contribution in [1.82, 2.24) is 15.3 Å². The second-order valence-electron chi connectivity index (χ2n) is 4.22. The summed E-state index contributed by atoms with van der Waals surface area (Å²) in [6, 6.07) is 7.67. The average molecular weight is 278 g/mol. The summed E-state index contributed by atoms with van der Waals surface area (Å²) >= 11 is 6.06. The minimum absolute atomic E-state index is 0.216. The predicted molar refractivity (Wildman–Crippen MR) is 70.0 cm³/mol. The predicted octanol–water partition coefficient (Wildman–Crippen LogP) is 3.49. The van der Waals surface area contributed by atoms with Gasteiger partial charge in [-0.05, 0) is 18.6 Å². The minimum atomic E-state index is -0.216. The van der Waals surface area contributed by atoms with Gasteiger partial charge in [0.25, 0.3) is 0 Å². The van der Waals surface area contributed by atoms with E-state index < -0.39 is 0 Å². The first kappa shape index (κ1) is 12.2. The van der Waals surface area contributed by atoms with Gasteiger partial charge in [0.05, 0.1) is 11.8 Å². The van der Waals surface area contributed by atoms with Crippen molar-refractivity contribution < 1.29 is 9.05 Å². The zero-order valence-corrected chi connectivity index (χ0v) is 11.1. The van der Waals surface area contributed by atoms with Crippen LogP contribution in [0.25, 0.3) is 11.0 Å². The fourth-order valence-corrected chi connectivity index (χ4v) is 1.95. The zero-order chi connectivity index (χ0) is 13.2. The van der Waals surface area contributed by atoms with Crippen molar-refractivity contribution in [3.05, 3.63) is 41.7 Å². The molecule has 1 unspecified atom stereocenters. The molecule has 0 saturated heterocycles. The first-order chi connectivity index (χ1) is 9.28. The van der Waals surface area contributed by atoms with Crippen LogP contribution in [-0.4, -0.2) is 15.3 Å². The third kappa shape index (κ3) is 2.33. The number of aromatic nitrogens is 3. The number of halogens is 1. The highest BCUT2D eigenvalue weighted by Crippen LogP contribution is 2.23. The van der Waals surface area contributed by atoms with Crippen LogP contribution < -0.4 is 0 Å². The first-order valence-corrected chi connectivity index (χ1v) is 6.51. The molecule has 3 rings (SSSR count). The summed E-state index contributed by atoms with van der Waals surface area (Å²) in [7, 11) is 0. The van der Waals surface area contributed by atoms with E-state index in [1.165, 1.54) is 0 Å². The van der Waals surface area contributed by atoms with E-state index in [1.54, 1.807) is 0 Å². The van der Waals surface area contributed by atoms with Crippen LogP contribution in [-0.2, 0) is 6.42 Å². The Bertz CT molecular complexity index is 692. The molecular weight excluding hydrogens is 266 g/mol. The van der Waals surface area contributed by atoms with Gasteiger partial charge in [-0.25, -0.2) is 0 Å². The van der Waals surface area contributed by atoms with Crippen LogP contribution in [0.1, 0.15) is 36.1 Å². The Kier molecular flexibility index (Phi) is 3.21. The molecule has 0 aliphatic rings. The van der Waals surface area contributed by atoms with Crippen molar-refractivity contribution in [2.24, 2.45) is 0 Å². The molecule has 0 aliphatic carbocycles. The van der Waals surface area contributed by atoms with Gasteiger partial charge in [-0.2, -0.15) is 4.98 Å². The molecule has 19 heavy (non-hydrogen) atoms. The fourth-order valence-electron chi connectivity index (χ4n) is 1.86. The standard InChI is InChI=1S/C13H12ClN3O2/c1-2-9(14)13-15-12(19-17-13)7-10-8-5-3-4-6-11(8)18-16-10/h3-6,9H,2,7H2,1H3. The SMILES string of the molecule is CCC(Cl)c1noc(Cc2noc3ccccc23)n1. The number of fused-ring (bicyclic) bond motifs is 1. The maximum atomic E-state index is 6.06. The molecule has 0 N–H and O–H groups in total. The Labute approximate surface area is 114 Å². The summed E-state index contributed by atoms with van der Waals surface area (Å²) in [5.74, 6) is 1.01. The molecule has 6 heteroatoms. The van der Waals surface area contributed by atoms with E-state index in [4.69, 9.17) is 20.6 Å². The van der Waals surface area contributed by atoms with Crippen molar-refractivity contribution in [1.29, 1.82) is 0 Å². The second-order valence-corrected chi connectivity index (χ2v) is 4.75. The zero-order valence-electron chi connectivity index (χ0n) is 10.3. The lowest BCUT2D eigenvalue weighted by Gasteiger charge is -1.96. The van der Waals surface area contributed by atoms with Crippen LogP contribution in [0.5, 0.6) is 0 Å². The second kappa shape index (κ2) is 5.01. The van der Waals surface area contributed by atoms with Crippen LogP contribution in [0.15, 0.2) is 33.3 Å². The van der Waals surface area contributed by atoms with Gasteiger partial charge in [0.15, 0.2) is 11.4 Å². The molecule has 0 bridgehead atoms. The van der Waals surface area contributed by atoms with Gasteiger partial charge in [-0.1, -0.05) is 29.4 Å². The molecule has 2 heterocycles. The summed E-state index contributed by atoms with van der Waals surface area (Å²) < 4.78 is 10.4. The van der Waals surface area contributed by atoms with Crippen LogP contribution >= 0.6 is 11.6 Å². The lowest BCUT2D eigenvalue weighted by Crippen LogP contribution is -1.93. The van der Waals surface area contributed by atoms with E-state index in [0.29, 0.717) is 18.1 Å². The number of benzene rings is 1. The summed E-state index contributed by atoms with van der Waals surface area (Å²) in [4.78, 5) is 4.27. The first-order valence-electron chi connectivity index (χ1n) is 6.07. The van der Waals surface area contributed by atoms with E-state index in [9.17, 15) is 0 Å². The molecule has 1 atom stereocenters. The maximum Gasteiger partial charge on any atom is 0.232 e.